The standard InChI is InChI=1S/C18H19NO3/c1-11-9-12(2)15(13(3)10-11)18(21)22-16(17(19)20)14-7-5-4-6-8-14/h4-10,16H,1-3H3,(H2,19,20). The summed E-state index contributed by atoms with van der Waals surface area (Å²) in [5.74, 6) is -1.23. The van der Waals surface area contributed by atoms with Gasteiger partial charge in [-0.25, -0.2) is 4.79 Å². The van der Waals surface area contributed by atoms with E-state index in [1.807, 2.05) is 39.0 Å². The van der Waals surface area contributed by atoms with Crippen LogP contribution < -0.4 is 5.73 Å². The summed E-state index contributed by atoms with van der Waals surface area (Å²) in [6.45, 7) is 5.65. The minimum absolute atomic E-state index is 0.479. The lowest BCUT2D eigenvalue weighted by molar-refractivity contribution is -0.127. The van der Waals surface area contributed by atoms with Gasteiger partial charge in [-0.1, -0.05) is 48.0 Å². The molecule has 0 saturated heterocycles. The minimum Gasteiger partial charge on any atom is -0.444 e. The maximum Gasteiger partial charge on any atom is 0.339 e. The highest BCUT2D eigenvalue weighted by molar-refractivity contribution is 5.95. The minimum atomic E-state index is -1.09. The number of esters is 1. The first-order valence-electron chi connectivity index (χ1n) is 7.03. The average molecular weight is 297 g/mol. The summed E-state index contributed by atoms with van der Waals surface area (Å²) in [6.07, 6.45) is -1.09. The van der Waals surface area contributed by atoms with Crippen molar-refractivity contribution < 1.29 is 14.3 Å². The maximum atomic E-state index is 12.5. The predicted molar refractivity (Wildman–Crippen MR) is 84.4 cm³/mol. The Morgan fingerprint density at radius 2 is 1.55 bits per heavy atom. The summed E-state index contributed by atoms with van der Waals surface area (Å²) in [6, 6.07) is 12.6. The van der Waals surface area contributed by atoms with Crippen molar-refractivity contribution in [3.8, 4) is 0 Å². The molecule has 0 aromatic heterocycles. The Morgan fingerprint density at radius 3 is 2.05 bits per heavy atom. The molecular weight excluding hydrogens is 278 g/mol. The molecule has 0 saturated carbocycles. The number of ether oxygens (including phenoxy) is 1. The second-order valence-corrected chi connectivity index (χ2v) is 5.37. The van der Waals surface area contributed by atoms with E-state index in [1.165, 1.54) is 0 Å². The summed E-state index contributed by atoms with van der Waals surface area (Å²) < 4.78 is 5.37. The van der Waals surface area contributed by atoms with Gasteiger partial charge in [-0.2, -0.15) is 0 Å². The van der Waals surface area contributed by atoms with Crippen molar-refractivity contribution in [1.82, 2.24) is 0 Å². The first-order chi connectivity index (χ1) is 10.4. The van der Waals surface area contributed by atoms with Gasteiger partial charge in [0.1, 0.15) is 0 Å². The van der Waals surface area contributed by atoms with Gasteiger partial charge in [0.05, 0.1) is 5.56 Å². The van der Waals surface area contributed by atoms with E-state index in [0.29, 0.717) is 11.1 Å². The quantitative estimate of drug-likeness (QED) is 0.882. The van der Waals surface area contributed by atoms with Gasteiger partial charge in [0.25, 0.3) is 5.91 Å². The molecule has 2 aromatic carbocycles. The average Bonchev–Trinajstić information content (AvgIpc) is 2.44. The Labute approximate surface area is 129 Å². The van der Waals surface area contributed by atoms with Crippen molar-refractivity contribution in [2.75, 3.05) is 0 Å². The second-order valence-electron chi connectivity index (χ2n) is 5.37. The number of benzene rings is 2. The molecule has 2 N–H and O–H groups in total. The molecule has 4 nitrogen and oxygen atoms in total. The number of nitrogens with two attached hydrogens (primary N) is 1. The molecule has 0 aliphatic carbocycles. The van der Waals surface area contributed by atoms with Gasteiger partial charge in [-0.05, 0) is 31.9 Å². The lowest BCUT2D eigenvalue weighted by Gasteiger charge is -2.17. The summed E-state index contributed by atoms with van der Waals surface area (Å²) in [7, 11) is 0. The molecule has 2 aromatic rings. The van der Waals surface area contributed by atoms with Crippen molar-refractivity contribution in [2.24, 2.45) is 5.73 Å². The molecule has 1 atom stereocenters. The maximum absolute atomic E-state index is 12.5. The van der Waals surface area contributed by atoms with Gasteiger partial charge in [-0.3, -0.25) is 4.79 Å². The van der Waals surface area contributed by atoms with Crippen LogP contribution in [-0.2, 0) is 9.53 Å². The molecule has 114 valence electrons. The van der Waals surface area contributed by atoms with E-state index >= 15 is 0 Å². The number of hydrogen-bond acceptors (Lipinski definition) is 3. The van der Waals surface area contributed by atoms with Gasteiger partial charge in [0, 0.05) is 5.56 Å². The summed E-state index contributed by atoms with van der Waals surface area (Å²) in [5, 5.41) is 0. The molecule has 2 rings (SSSR count). The van der Waals surface area contributed by atoms with Gasteiger partial charge in [-0.15, -0.1) is 0 Å². The molecule has 1 amide bonds. The first-order valence-corrected chi connectivity index (χ1v) is 7.03. The van der Waals surface area contributed by atoms with Crippen LogP contribution in [0.25, 0.3) is 0 Å². The molecule has 0 fully saturated rings. The van der Waals surface area contributed by atoms with Crippen LogP contribution in [0.1, 0.15) is 38.7 Å². The highest BCUT2D eigenvalue weighted by Crippen LogP contribution is 2.22. The number of hydrogen-bond donors (Lipinski definition) is 1. The van der Waals surface area contributed by atoms with Crippen LogP contribution in [0.15, 0.2) is 42.5 Å². The number of carbonyl (C=O) groups excluding carboxylic acids is 2. The smallest absolute Gasteiger partial charge is 0.339 e. The third-order valence-corrected chi connectivity index (χ3v) is 3.47. The molecule has 0 aliphatic heterocycles. The van der Waals surface area contributed by atoms with Crippen molar-refractivity contribution in [3.63, 3.8) is 0 Å². The van der Waals surface area contributed by atoms with E-state index in [0.717, 1.165) is 16.7 Å². The van der Waals surface area contributed by atoms with E-state index in [-0.39, 0.29) is 0 Å². The molecule has 4 heteroatoms. The largest absolute Gasteiger partial charge is 0.444 e. The Hall–Kier alpha value is -2.62. The fraction of sp³-hybridized carbons (Fsp3) is 0.222. The zero-order chi connectivity index (χ0) is 16.3. The lowest BCUT2D eigenvalue weighted by Crippen LogP contribution is -2.26. The fourth-order valence-corrected chi connectivity index (χ4v) is 2.59. The second kappa shape index (κ2) is 6.43. The van der Waals surface area contributed by atoms with Crippen LogP contribution in [0.3, 0.4) is 0 Å². The van der Waals surface area contributed by atoms with Crippen LogP contribution >= 0.6 is 0 Å². The molecule has 0 bridgehead atoms. The Bertz CT molecular complexity index is 685. The molecular formula is C18H19NO3. The monoisotopic (exact) mass is 297 g/mol. The number of primary amides is 1. The Morgan fingerprint density at radius 1 is 1.00 bits per heavy atom. The first kappa shape index (κ1) is 15.8. The third-order valence-electron chi connectivity index (χ3n) is 3.47. The van der Waals surface area contributed by atoms with Gasteiger partial charge < -0.3 is 10.5 Å². The van der Waals surface area contributed by atoms with E-state index < -0.39 is 18.0 Å². The van der Waals surface area contributed by atoms with Crippen LogP contribution in [0, 0.1) is 20.8 Å². The van der Waals surface area contributed by atoms with Gasteiger partial charge >= 0.3 is 5.97 Å². The zero-order valence-corrected chi connectivity index (χ0v) is 12.9. The molecule has 1 unspecified atom stereocenters. The predicted octanol–water partition coefficient (Wildman–Crippen LogP) is 3.00. The highest BCUT2D eigenvalue weighted by Gasteiger charge is 2.24. The van der Waals surface area contributed by atoms with Crippen LogP contribution in [0.5, 0.6) is 0 Å². The SMILES string of the molecule is Cc1cc(C)c(C(=O)OC(C(N)=O)c2ccccc2)c(C)c1. The molecule has 0 heterocycles. The van der Waals surface area contributed by atoms with Gasteiger partial charge in [0.2, 0.25) is 6.10 Å². The number of aryl methyl sites for hydroxylation is 3. The summed E-state index contributed by atoms with van der Waals surface area (Å²) in [4.78, 5) is 24.1. The number of carbonyl (C=O) groups is 2. The molecule has 22 heavy (non-hydrogen) atoms. The van der Waals surface area contributed by atoms with Crippen LogP contribution in [0.4, 0.5) is 0 Å². The zero-order valence-electron chi connectivity index (χ0n) is 12.9. The summed E-state index contributed by atoms with van der Waals surface area (Å²) >= 11 is 0. The van der Waals surface area contributed by atoms with Crippen molar-refractivity contribution in [1.29, 1.82) is 0 Å². The van der Waals surface area contributed by atoms with E-state index in [2.05, 4.69) is 0 Å². The van der Waals surface area contributed by atoms with Crippen molar-refractivity contribution in [3.05, 3.63) is 70.3 Å². The lowest BCUT2D eigenvalue weighted by atomic mass is 10.00. The van der Waals surface area contributed by atoms with Gasteiger partial charge in [0.15, 0.2) is 0 Å². The topological polar surface area (TPSA) is 69.4 Å². The van der Waals surface area contributed by atoms with Crippen molar-refractivity contribution in [2.45, 2.75) is 26.9 Å². The summed E-state index contributed by atoms with van der Waals surface area (Å²) in [5.41, 5.74) is 9.13. The number of rotatable bonds is 4. The molecule has 0 spiro atoms. The third kappa shape index (κ3) is 3.34. The number of amides is 1. The van der Waals surface area contributed by atoms with Crippen LogP contribution in [-0.4, -0.2) is 11.9 Å². The van der Waals surface area contributed by atoms with Crippen molar-refractivity contribution >= 4 is 11.9 Å². The van der Waals surface area contributed by atoms with E-state index in [4.69, 9.17) is 10.5 Å². The Kier molecular flexibility index (Phi) is 4.61. The van der Waals surface area contributed by atoms with E-state index in [9.17, 15) is 9.59 Å². The molecule has 0 aliphatic rings. The van der Waals surface area contributed by atoms with E-state index in [1.54, 1.807) is 24.3 Å². The highest BCUT2D eigenvalue weighted by atomic mass is 16.5. The molecule has 0 radical (unpaired) electrons. The van der Waals surface area contributed by atoms with Crippen LogP contribution in [0.2, 0.25) is 0 Å². The fourth-order valence-electron chi connectivity index (χ4n) is 2.59. The normalized spacial score (nSPS) is 11.8. The Balaban J connectivity index is 2.32.